The predicted molar refractivity (Wildman–Crippen MR) is 67.6 cm³/mol. The fraction of sp³-hybridized carbons (Fsp3) is 0.615. The van der Waals surface area contributed by atoms with E-state index in [1.54, 1.807) is 6.20 Å². The standard InChI is InChI=1S/C13H22N2O/c1-6-11(16)10-7-9(2)12(14-8-10)15-13(3,4)5/h7-8,11,16H,6H2,1-5H3,(H,14,15). The maximum atomic E-state index is 9.72. The summed E-state index contributed by atoms with van der Waals surface area (Å²) >= 11 is 0. The third kappa shape index (κ3) is 3.49. The number of aromatic nitrogens is 1. The molecule has 1 rings (SSSR count). The van der Waals surface area contributed by atoms with E-state index >= 15 is 0 Å². The van der Waals surface area contributed by atoms with Crippen LogP contribution < -0.4 is 5.32 Å². The molecular weight excluding hydrogens is 200 g/mol. The van der Waals surface area contributed by atoms with Gasteiger partial charge in [-0.3, -0.25) is 0 Å². The second-order valence-corrected chi connectivity index (χ2v) is 5.23. The van der Waals surface area contributed by atoms with Gasteiger partial charge in [0, 0.05) is 11.7 Å². The predicted octanol–water partition coefficient (Wildman–Crippen LogP) is 3.04. The monoisotopic (exact) mass is 222 g/mol. The first-order valence-electron chi connectivity index (χ1n) is 5.76. The SMILES string of the molecule is CCC(O)c1cnc(NC(C)(C)C)c(C)c1. The van der Waals surface area contributed by atoms with Crippen molar-refractivity contribution >= 4 is 5.82 Å². The van der Waals surface area contributed by atoms with Gasteiger partial charge in [-0.25, -0.2) is 4.98 Å². The summed E-state index contributed by atoms with van der Waals surface area (Å²) in [5.41, 5.74) is 1.96. The molecule has 0 saturated heterocycles. The van der Waals surface area contributed by atoms with Gasteiger partial charge >= 0.3 is 0 Å². The Bertz CT molecular complexity index is 355. The van der Waals surface area contributed by atoms with Crippen molar-refractivity contribution in [3.05, 3.63) is 23.4 Å². The van der Waals surface area contributed by atoms with E-state index in [9.17, 15) is 5.11 Å². The lowest BCUT2D eigenvalue weighted by Crippen LogP contribution is -2.27. The number of aliphatic hydroxyl groups excluding tert-OH is 1. The lowest BCUT2D eigenvalue weighted by Gasteiger charge is -2.23. The number of aliphatic hydroxyl groups is 1. The van der Waals surface area contributed by atoms with Crippen LogP contribution in [0.25, 0.3) is 0 Å². The molecule has 1 aromatic heterocycles. The number of nitrogens with one attached hydrogen (secondary N) is 1. The van der Waals surface area contributed by atoms with Gasteiger partial charge in [-0.15, -0.1) is 0 Å². The minimum absolute atomic E-state index is 0.00263. The summed E-state index contributed by atoms with van der Waals surface area (Å²) < 4.78 is 0. The summed E-state index contributed by atoms with van der Waals surface area (Å²) in [6, 6.07) is 2.00. The molecule has 3 nitrogen and oxygen atoms in total. The van der Waals surface area contributed by atoms with Gasteiger partial charge in [0.15, 0.2) is 0 Å². The normalized spacial score (nSPS) is 13.6. The topological polar surface area (TPSA) is 45.2 Å². The number of nitrogens with zero attached hydrogens (tertiary/aromatic N) is 1. The first-order valence-corrected chi connectivity index (χ1v) is 5.76. The van der Waals surface area contributed by atoms with Crippen LogP contribution in [0.3, 0.4) is 0 Å². The maximum absolute atomic E-state index is 9.72. The van der Waals surface area contributed by atoms with Crippen molar-refractivity contribution in [3.8, 4) is 0 Å². The maximum Gasteiger partial charge on any atom is 0.129 e. The summed E-state index contributed by atoms with van der Waals surface area (Å²) in [5, 5.41) is 13.1. The van der Waals surface area contributed by atoms with Crippen LogP contribution in [0, 0.1) is 6.92 Å². The third-order valence-electron chi connectivity index (χ3n) is 2.36. The van der Waals surface area contributed by atoms with E-state index in [1.807, 2.05) is 19.9 Å². The number of rotatable bonds is 3. The van der Waals surface area contributed by atoms with E-state index in [2.05, 4.69) is 31.1 Å². The summed E-state index contributed by atoms with van der Waals surface area (Å²) in [6.45, 7) is 10.3. The van der Waals surface area contributed by atoms with Gasteiger partial charge in [-0.1, -0.05) is 6.92 Å². The van der Waals surface area contributed by atoms with Crippen molar-refractivity contribution in [2.45, 2.75) is 52.7 Å². The fourth-order valence-electron chi connectivity index (χ4n) is 1.50. The van der Waals surface area contributed by atoms with Crippen LogP contribution in [-0.4, -0.2) is 15.6 Å². The summed E-state index contributed by atoms with van der Waals surface area (Å²) in [4.78, 5) is 4.36. The van der Waals surface area contributed by atoms with E-state index in [4.69, 9.17) is 0 Å². The van der Waals surface area contributed by atoms with E-state index < -0.39 is 6.10 Å². The molecule has 0 aliphatic heterocycles. The molecule has 0 aliphatic rings. The Labute approximate surface area is 97.9 Å². The van der Waals surface area contributed by atoms with Gasteiger partial charge in [0.1, 0.15) is 5.82 Å². The van der Waals surface area contributed by atoms with Crippen LogP contribution in [0.4, 0.5) is 5.82 Å². The second kappa shape index (κ2) is 4.83. The van der Waals surface area contributed by atoms with E-state index in [-0.39, 0.29) is 5.54 Å². The highest BCUT2D eigenvalue weighted by Gasteiger charge is 2.13. The Morgan fingerprint density at radius 2 is 2.06 bits per heavy atom. The minimum Gasteiger partial charge on any atom is -0.388 e. The molecule has 0 amide bonds. The fourth-order valence-corrected chi connectivity index (χ4v) is 1.50. The Kier molecular flexibility index (Phi) is 3.92. The van der Waals surface area contributed by atoms with Crippen molar-refractivity contribution in [3.63, 3.8) is 0 Å². The molecule has 0 aromatic carbocycles. The van der Waals surface area contributed by atoms with Crippen molar-refractivity contribution in [1.82, 2.24) is 4.98 Å². The highest BCUT2D eigenvalue weighted by atomic mass is 16.3. The molecule has 0 radical (unpaired) electrons. The number of pyridine rings is 1. The zero-order valence-electron chi connectivity index (χ0n) is 10.8. The Morgan fingerprint density at radius 1 is 1.44 bits per heavy atom. The molecule has 16 heavy (non-hydrogen) atoms. The molecule has 3 heteroatoms. The molecule has 0 fully saturated rings. The van der Waals surface area contributed by atoms with Crippen LogP contribution in [0.2, 0.25) is 0 Å². The van der Waals surface area contributed by atoms with E-state index in [0.717, 1.165) is 16.9 Å². The molecular formula is C13H22N2O. The van der Waals surface area contributed by atoms with Crippen molar-refractivity contribution in [1.29, 1.82) is 0 Å². The van der Waals surface area contributed by atoms with Crippen LogP contribution in [0.1, 0.15) is 51.3 Å². The van der Waals surface area contributed by atoms with Crippen molar-refractivity contribution in [2.24, 2.45) is 0 Å². The molecule has 0 saturated carbocycles. The number of aryl methyl sites for hydroxylation is 1. The zero-order valence-corrected chi connectivity index (χ0v) is 10.8. The van der Waals surface area contributed by atoms with Gasteiger partial charge in [0.2, 0.25) is 0 Å². The van der Waals surface area contributed by atoms with Gasteiger partial charge in [-0.2, -0.15) is 0 Å². The number of anilines is 1. The Hall–Kier alpha value is -1.09. The van der Waals surface area contributed by atoms with Crippen LogP contribution >= 0.6 is 0 Å². The molecule has 90 valence electrons. The van der Waals surface area contributed by atoms with Gasteiger partial charge in [0.05, 0.1) is 6.10 Å². The Morgan fingerprint density at radius 3 is 2.50 bits per heavy atom. The average Bonchev–Trinajstić information content (AvgIpc) is 2.18. The average molecular weight is 222 g/mol. The smallest absolute Gasteiger partial charge is 0.129 e. The minimum atomic E-state index is -0.408. The second-order valence-electron chi connectivity index (χ2n) is 5.23. The van der Waals surface area contributed by atoms with Gasteiger partial charge in [-0.05, 0) is 51.3 Å². The lowest BCUT2D eigenvalue weighted by atomic mass is 10.1. The first kappa shape index (κ1) is 13.0. The molecule has 1 unspecified atom stereocenters. The Balaban J connectivity index is 2.92. The van der Waals surface area contributed by atoms with E-state index in [1.165, 1.54) is 0 Å². The van der Waals surface area contributed by atoms with Gasteiger partial charge < -0.3 is 10.4 Å². The molecule has 0 spiro atoms. The zero-order chi connectivity index (χ0) is 12.3. The van der Waals surface area contributed by atoms with Crippen LogP contribution in [-0.2, 0) is 0 Å². The molecule has 1 heterocycles. The number of hydrogen-bond donors (Lipinski definition) is 2. The van der Waals surface area contributed by atoms with Gasteiger partial charge in [0.25, 0.3) is 0 Å². The van der Waals surface area contributed by atoms with Crippen LogP contribution in [0.15, 0.2) is 12.3 Å². The van der Waals surface area contributed by atoms with Crippen molar-refractivity contribution in [2.75, 3.05) is 5.32 Å². The molecule has 0 bridgehead atoms. The largest absolute Gasteiger partial charge is 0.388 e. The summed E-state index contributed by atoms with van der Waals surface area (Å²) in [5.74, 6) is 0.888. The first-order chi connectivity index (χ1) is 7.33. The lowest BCUT2D eigenvalue weighted by molar-refractivity contribution is 0.173. The quantitative estimate of drug-likeness (QED) is 0.826. The molecule has 1 aromatic rings. The highest BCUT2D eigenvalue weighted by Crippen LogP contribution is 2.22. The molecule has 2 N–H and O–H groups in total. The molecule has 0 aliphatic carbocycles. The number of hydrogen-bond acceptors (Lipinski definition) is 3. The van der Waals surface area contributed by atoms with Crippen molar-refractivity contribution < 1.29 is 5.11 Å². The molecule has 1 atom stereocenters. The van der Waals surface area contributed by atoms with Crippen LogP contribution in [0.5, 0.6) is 0 Å². The summed E-state index contributed by atoms with van der Waals surface area (Å²) in [6.07, 6.45) is 2.05. The third-order valence-corrected chi connectivity index (χ3v) is 2.36. The highest BCUT2D eigenvalue weighted by molar-refractivity contribution is 5.46. The van der Waals surface area contributed by atoms with E-state index in [0.29, 0.717) is 6.42 Å². The summed E-state index contributed by atoms with van der Waals surface area (Å²) in [7, 11) is 0.